The highest BCUT2D eigenvalue weighted by atomic mass is 35.5. The maximum Gasteiger partial charge on any atom is 0.329 e. The van der Waals surface area contributed by atoms with Gasteiger partial charge in [0.25, 0.3) is 5.91 Å². The second kappa shape index (κ2) is 6.12. The number of halogens is 1. The van der Waals surface area contributed by atoms with Crippen LogP contribution in [0.2, 0.25) is 0 Å². The van der Waals surface area contributed by atoms with Gasteiger partial charge in [0.15, 0.2) is 0 Å². The number of ether oxygens (including phenoxy) is 1. The monoisotopic (exact) mass is 241 g/mol. The minimum Gasteiger partial charge on any atom is -0.467 e. The van der Waals surface area contributed by atoms with Crippen LogP contribution in [-0.4, -0.2) is 30.9 Å². The Morgan fingerprint density at radius 3 is 2.50 bits per heavy atom. The fourth-order valence-corrected chi connectivity index (χ4v) is 1.34. The number of nitrogens with one attached hydrogen (secondary N) is 1. The number of carbonyl (C=O) groups is 2. The Morgan fingerprint density at radius 2 is 2.00 bits per heavy atom. The van der Waals surface area contributed by atoms with E-state index < -0.39 is 12.0 Å². The maximum atomic E-state index is 11.7. The van der Waals surface area contributed by atoms with Crippen molar-refractivity contribution < 1.29 is 14.3 Å². The molecule has 1 aromatic carbocycles. The molecule has 0 heterocycles. The molecule has 0 aliphatic rings. The van der Waals surface area contributed by atoms with Crippen LogP contribution in [0, 0.1) is 0 Å². The lowest BCUT2D eigenvalue weighted by molar-refractivity contribution is -0.142. The average Bonchev–Trinajstić information content (AvgIpc) is 2.35. The third kappa shape index (κ3) is 3.24. The Hall–Kier alpha value is -1.55. The fraction of sp³-hybridized carbons (Fsp3) is 0.273. The van der Waals surface area contributed by atoms with Crippen molar-refractivity contribution in [1.29, 1.82) is 0 Å². The molecular formula is C11H12ClNO3. The van der Waals surface area contributed by atoms with Gasteiger partial charge in [0, 0.05) is 5.56 Å². The Balaban J connectivity index is 2.66. The van der Waals surface area contributed by atoms with E-state index in [0.717, 1.165) is 0 Å². The van der Waals surface area contributed by atoms with Crippen LogP contribution in [0.3, 0.4) is 0 Å². The SMILES string of the molecule is COC(=O)[C@H](CCl)NC(=O)c1ccccc1. The van der Waals surface area contributed by atoms with Gasteiger partial charge in [0.05, 0.1) is 13.0 Å². The lowest BCUT2D eigenvalue weighted by Crippen LogP contribution is -2.42. The molecule has 0 saturated heterocycles. The van der Waals surface area contributed by atoms with Crippen LogP contribution >= 0.6 is 11.6 Å². The molecule has 86 valence electrons. The summed E-state index contributed by atoms with van der Waals surface area (Å²) in [6.45, 7) is 0. The van der Waals surface area contributed by atoms with Gasteiger partial charge in [-0.3, -0.25) is 4.79 Å². The van der Waals surface area contributed by atoms with Gasteiger partial charge in [-0.2, -0.15) is 0 Å². The average molecular weight is 242 g/mol. The molecule has 1 amide bonds. The molecule has 0 unspecified atom stereocenters. The largest absolute Gasteiger partial charge is 0.467 e. The van der Waals surface area contributed by atoms with E-state index in [1.54, 1.807) is 30.3 Å². The van der Waals surface area contributed by atoms with Crippen molar-refractivity contribution >= 4 is 23.5 Å². The summed E-state index contributed by atoms with van der Waals surface area (Å²) in [6, 6.07) is 7.76. The van der Waals surface area contributed by atoms with Crippen LogP contribution in [0.5, 0.6) is 0 Å². The zero-order valence-corrected chi connectivity index (χ0v) is 9.53. The maximum absolute atomic E-state index is 11.7. The van der Waals surface area contributed by atoms with Crippen LogP contribution < -0.4 is 5.32 Å². The van der Waals surface area contributed by atoms with Gasteiger partial charge in [0.2, 0.25) is 0 Å². The normalized spacial score (nSPS) is 11.6. The van der Waals surface area contributed by atoms with E-state index in [2.05, 4.69) is 10.1 Å². The molecule has 0 radical (unpaired) electrons. The molecule has 1 rings (SSSR count). The van der Waals surface area contributed by atoms with Crippen LogP contribution in [0.15, 0.2) is 30.3 Å². The number of esters is 1. The van der Waals surface area contributed by atoms with Crippen LogP contribution in [0.1, 0.15) is 10.4 Å². The van der Waals surface area contributed by atoms with Gasteiger partial charge in [-0.25, -0.2) is 4.79 Å². The molecule has 1 N–H and O–H groups in total. The third-order valence-electron chi connectivity index (χ3n) is 1.98. The first-order valence-corrected chi connectivity index (χ1v) is 5.22. The molecule has 16 heavy (non-hydrogen) atoms. The summed E-state index contributed by atoms with van der Waals surface area (Å²) in [5.41, 5.74) is 0.474. The topological polar surface area (TPSA) is 55.4 Å². The van der Waals surface area contributed by atoms with Crippen LogP contribution in [-0.2, 0) is 9.53 Å². The minimum atomic E-state index is -0.820. The van der Waals surface area contributed by atoms with Crippen LogP contribution in [0.4, 0.5) is 0 Å². The summed E-state index contributed by atoms with van der Waals surface area (Å²) in [6.07, 6.45) is 0. The summed E-state index contributed by atoms with van der Waals surface area (Å²) in [5, 5.41) is 2.49. The van der Waals surface area contributed by atoms with Crippen molar-refractivity contribution in [3.8, 4) is 0 Å². The molecule has 0 aliphatic carbocycles. The molecule has 0 fully saturated rings. The standard InChI is InChI=1S/C11H12ClNO3/c1-16-11(15)9(7-12)13-10(14)8-5-3-2-4-6-8/h2-6,9H,7H2,1H3,(H,13,14)/t9-/m0/s1. The third-order valence-corrected chi connectivity index (χ3v) is 2.29. The summed E-state index contributed by atoms with van der Waals surface area (Å²) >= 11 is 5.56. The molecule has 4 nitrogen and oxygen atoms in total. The van der Waals surface area contributed by atoms with Gasteiger partial charge in [-0.05, 0) is 12.1 Å². The minimum absolute atomic E-state index is 0.0226. The first-order valence-electron chi connectivity index (χ1n) is 4.68. The van der Waals surface area contributed by atoms with Gasteiger partial charge in [-0.15, -0.1) is 11.6 Å². The predicted octanol–water partition coefficient (Wildman–Crippen LogP) is 1.20. The smallest absolute Gasteiger partial charge is 0.329 e. The van der Waals surface area contributed by atoms with E-state index in [0.29, 0.717) is 5.56 Å². The van der Waals surface area contributed by atoms with Gasteiger partial charge in [0.1, 0.15) is 6.04 Å². The van der Waals surface area contributed by atoms with Gasteiger partial charge < -0.3 is 10.1 Å². The Bertz CT molecular complexity index is 367. The van der Waals surface area contributed by atoms with Crippen molar-refractivity contribution in [1.82, 2.24) is 5.32 Å². The first kappa shape index (κ1) is 12.5. The summed E-state index contributed by atoms with van der Waals surface area (Å²) in [5.74, 6) is -0.929. The molecule has 0 saturated carbocycles. The number of rotatable bonds is 4. The highest BCUT2D eigenvalue weighted by molar-refractivity contribution is 6.20. The quantitative estimate of drug-likeness (QED) is 0.637. The molecule has 0 aliphatic heterocycles. The van der Waals surface area contributed by atoms with E-state index in [4.69, 9.17) is 11.6 Å². The second-order valence-electron chi connectivity index (χ2n) is 3.07. The molecule has 1 aromatic rings. The number of methoxy groups -OCH3 is 1. The van der Waals surface area contributed by atoms with Gasteiger partial charge >= 0.3 is 5.97 Å². The lowest BCUT2D eigenvalue weighted by atomic mass is 10.2. The van der Waals surface area contributed by atoms with E-state index in [-0.39, 0.29) is 11.8 Å². The van der Waals surface area contributed by atoms with Crippen molar-refractivity contribution in [3.63, 3.8) is 0 Å². The van der Waals surface area contributed by atoms with E-state index >= 15 is 0 Å². The van der Waals surface area contributed by atoms with E-state index in [9.17, 15) is 9.59 Å². The molecule has 5 heteroatoms. The number of amides is 1. The van der Waals surface area contributed by atoms with Gasteiger partial charge in [-0.1, -0.05) is 18.2 Å². The lowest BCUT2D eigenvalue weighted by Gasteiger charge is -2.13. The van der Waals surface area contributed by atoms with Crippen molar-refractivity contribution in [2.45, 2.75) is 6.04 Å². The number of alkyl halides is 1. The molecule has 0 bridgehead atoms. The van der Waals surface area contributed by atoms with Crippen LogP contribution in [0.25, 0.3) is 0 Å². The highest BCUT2D eigenvalue weighted by Gasteiger charge is 2.20. The zero-order chi connectivity index (χ0) is 12.0. The molecule has 1 atom stereocenters. The first-order chi connectivity index (χ1) is 7.69. The fourth-order valence-electron chi connectivity index (χ4n) is 1.13. The summed E-state index contributed by atoms with van der Waals surface area (Å²) in [4.78, 5) is 22.8. The van der Waals surface area contributed by atoms with Crippen molar-refractivity contribution in [2.24, 2.45) is 0 Å². The van der Waals surface area contributed by atoms with Crippen molar-refractivity contribution in [2.75, 3.05) is 13.0 Å². The number of hydrogen-bond donors (Lipinski definition) is 1. The Kier molecular flexibility index (Phi) is 4.79. The van der Waals surface area contributed by atoms with E-state index in [1.165, 1.54) is 7.11 Å². The predicted molar refractivity (Wildman–Crippen MR) is 60.4 cm³/mol. The molecule has 0 aromatic heterocycles. The zero-order valence-electron chi connectivity index (χ0n) is 8.77. The number of hydrogen-bond acceptors (Lipinski definition) is 3. The molecule has 0 spiro atoms. The highest BCUT2D eigenvalue weighted by Crippen LogP contribution is 2.00. The summed E-state index contributed by atoms with van der Waals surface area (Å²) < 4.78 is 4.50. The second-order valence-corrected chi connectivity index (χ2v) is 3.38. The summed E-state index contributed by atoms with van der Waals surface area (Å²) in [7, 11) is 1.25. The number of benzene rings is 1. The Morgan fingerprint density at radius 1 is 1.38 bits per heavy atom. The Labute approximate surface area is 98.5 Å². The van der Waals surface area contributed by atoms with E-state index in [1.807, 2.05) is 0 Å². The molecular weight excluding hydrogens is 230 g/mol. The van der Waals surface area contributed by atoms with Crippen molar-refractivity contribution in [3.05, 3.63) is 35.9 Å². The number of carbonyl (C=O) groups excluding carboxylic acids is 2.